The summed E-state index contributed by atoms with van der Waals surface area (Å²) in [6.45, 7) is 12.5. The van der Waals surface area contributed by atoms with E-state index >= 15 is 0 Å². The van der Waals surface area contributed by atoms with Crippen LogP contribution in [0, 0.1) is 56.7 Å². The van der Waals surface area contributed by atoms with E-state index in [9.17, 15) is 45.6 Å². The van der Waals surface area contributed by atoms with Crippen molar-refractivity contribution in [2.75, 3.05) is 0 Å². The Morgan fingerprint density at radius 3 is 2.10 bits per heavy atom. The van der Waals surface area contributed by atoms with E-state index < -0.39 is 77.7 Å². The highest BCUT2D eigenvalue weighted by Crippen LogP contribution is 2.89. The lowest BCUT2D eigenvalue weighted by molar-refractivity contribution is -0.335. The summed E-state index contributed by atoms with van der Waals surface area (Å²) < 4.78 is 16.8. The quantitative estimate of drug-likeness (QED) is 0.193. The van der Waals surface area contributed by atoms with E-state index in [2.05, 4.69) is 20.8 Å². The van der Waals surface area contributed by atoms with Gasteiger partial charge in [0.25, 0.3) is 0 Å². The monoisotopic (exact) mass is 682 g/mol. The van der Waals surface area contributed by atoms with Gasteiger partial charge in [-0.1, -0.05) is 34.6 Å². The first-order valence-electron chi connectivity index (χ1n) is 18.3. The zero-order chi connectivity index (χ0) is 35.1. The molecule has 274 valence electrons. The third kappa shape index (κ3) is 4.22. The summed E-state index contributed by atoms with van der Waals surface area (Å²) >= 11 is 0. The van der Waals surface area contributed by atoms with E-state index in [0.29, 0.717) is 24.7 Å². The second kappa shape index (κ2) is 11.0. The predicted octanol–water partition coefficient (Wildman–Crippen LogP) is 1.17. The minimum Gasteiger partial charge on any atom is -0.432 e. The zero-order valence-corrected chi connectivity index (χ0v) is 29.2. The van der Waals surface area contributed by atoms with Crippen LogP contribution in [0.1, 0.15) is 99.3 Å². The van der Waals surface area contributed by atoms with Gasteiger partial charge in [-0.25, -0.2) is 0 Å². The van der Waals surface area contributed by atoms with Crippen LogP contribution < -0.4 is 0 Å². The molecule has 2 saturated heterocycles. The lowest BCUT2D eigenvalue weighted by Gasteiger charge is -2.64. The van der Waals surface area contributed by atoms with Gasteiger partial charge in [0, 0.05) is 18.3 Å². The summed E-state index contributed by atoms with van der Waals surface area (Å²) in [5, 5.41) is 85.8. The molecule has 0 radical (unpaired) electrons. The molecule has 19 atom stereocenters. The van der Waals surface area contributed by atoms with Crippen molar-refractivity contribution in [3.63, 3.8) is 0 Å². The van der Waals surface area contributed by atoms with Gasteiger partial charge in [-0.15, -0.1) is 0 Å². The molecule has 5 saturated carbocycles. The van der Waals surface area contributed by atoms with Crippen molar-refractivity contribution in [3.05, 3.63) is 0 Å². The molecule has 48 heavy (non-hydrogen) atoms. The minimum absolute atomic E-state index is 0.00234. The molecule has 2 spiro atoms. The van der Waals surface area contributed by atoms with Crippen LogP contribution in [0.4, 0.5) is 0 Å². The highest BCUT2D eigenvalue weighted by atomic mass is 16.8. The van der Waals surface area contributed by atoms with Crippen LogP contribution in [-0.2, 0) is 19.0 Å². The average molecular weight is 683 g/mol. The molecule has 12 nitrogen and oxygen atoms in total. The maximum absolute atomic E-state index is 14.0. The lowest BCUT2D eigenvalue weighted by Crippen LogP contribution is -2.65. The number of aliphatic hydroxyl groups is 8. The van der Waals surface area contributed by atoms with Crippen LogP contribution in [-0.4, -0.2) is 108 Å². The number of rotatable bonds is 5. The largest absolute Gasteiger partial charge is 0.432 e. The van der Waals surface area contributed by atoms with Gasteiger partial charge in [0.1, 0.15) is 23.9 Å². The molecular weight excluding hydrogens is 624 g/mol. The predicted molar refractivity (Wildman–Crippen MR) is 168 cm³/mol. The number of carbonyl (C=O) groups is 1. The van der Waals surface area contributed by atoms with Crippen LogP contribution in [0.3, 0.4) is 0 Å². The highest BCUT2D eigenvalue weighted by Gasteiger charge is 2.86. The normalized spacial score (nSPS) is 59.6. The van der Waals surface area contributed by atoms with Gasteiger partial charge in [0.05, 0.1) is 23.7 Å². The van der Waals surface area contributed by atoms with Gasteiger partial charge in [-0.05, 0) is 97.7 Å². The molecule has 0 amide bonds. The summed E-state index contributed by atoms with van der Waals surface area (Å²) in [4.78, 5) is 14.0. The number of esters is 1. The Morgan fingerprint density at radius 2 is 1.46 bits per heavy atom. The summed E-state index contributed by atoms with van der Waals surface area (Å²) in [6, 6.07) is 0. The van der Waals surface area contributed by atoms with Crippen LogP contribution in [0.2, 0.25) is 0 Å². The first-order chi connectivity index (χ1) is 22.3. The van der Waals surface area contributed by atoms with Gasteiger partial charge in [0.2, 0.25) is 6.29 Å². The van der Waals surface area contributed by atoms with E-state index in [1.807, 2.05) is 13.8 Å². The summed E-state index contributed by atoms with van der Waals surface area (Å²) in [7, 11) is 0. The maximum Gasteiger partial charge on any atom is 0.317 e. The number of hydrogen-bond acceptors (Lipinski definition) is 12. The average Bonchev–Trinajstić information content (AvgIpc) is 3.52. The number of hydrogen-bond donors (Lipinski definition) is 8. The van der Waals surface area contributed by atoms with E-state index in [-0.39, 0.29) is 40.6 Å². The van der Waals surface area contributed by atoms with E-state index in [0.717, 1.165) is 38.5 Å². The van der Waals surface area contributed by atoms with E-state index in [4.69, 9.17) is 14.2 Å². The van der Waals surface area contributed by atoms with Crippen molar-refractivity contribution in [1.82, 2.24) is 0 Å². The Balaban J connectivity index is 1.14. The molecular formula is C36H58O12. The van der Waals surface area contributed by atoms with Crippen LogP contribution in [0.25, 0.3) is 0 Å². The van der Waals surface area contributed by atoms with E-state index in [1.165, 1.54) is 0 Å². The molecule has 0 aromatic heterocycles. The molecule has 0 unspecified atom stereocenters. The van der Waals surface area contributed by atoms with Crippen molar-refractivity contribution in [2.24, 2.45) is 56.7 Å². The van der Waals surface area contributed by atoms with Crippen LogP contribution in [0.15, 0.2) is 0 Å². The van der Waals surface area contributed by atoms with Crippen molar-refractivity contribution in [3.8, 4) is 0 Å². The lowest BCUT2D eigenvalue weighted by atomic mass is 9.41. The second-order valence-electron chi connectivity index (χ2n) is 18.1. The van der Waals surface area contributed by atoms with Gasteiger partial charge in [-0.3, -0.25) is 4.79 Å². The zero-order valence-electron chi connectivity index (χ0n) is 29.2. The fourth-order valence-electron chi connectivity index (χ4n) is 13.2. The van der Waals surface area contributed by atoms with Gasteiger partial charge in [-0.2, -0.15) is 0 Å². The molecule has 0 aromatic carbocycles. The first kappa shape index (κ1) is 35.5. The third-order valence-corrected chi connectivity index (χ3v) is 16.5. The number of aliphatic hydroxyl groups excluding tert-OH is 7. The Labute approximate surface area is 282 Å². The number of carbonyl (C=O) groups excluding carboxylic acids is 1. The van der Waals surface area contributed by atoms with E-state index in [1.54, 1.807) is 6.92 Å². The fraction of sp³-hybridized carbons (Fsp3) is 0.972. The smallest absolute Gasteiger partial charge is 0.317 e. The molecule has 5 aliphatic carbocycles. The van der Waals surface area contributed by atoms with Crippen molar-refractivity contribution >= 4 is 5.97 Å². The van der Waals surface area contributed by atoms with Crippen LogP contribution in [0.5, 0.6) is 0 Å². The standard InChI is InChI=1S/C36H58O12/c1-16(2)36(45)14-19(46-30(36)44)17(3)18-9-10-32(5)20-7-8-21-33(6,29(43)48-28-26(41)24(39)25(40)27(42)47-28)22(37)13-23(38)35(21)15-34(20,35)12-11-31(18,32)4/h16-28,30,37-42,44-45H,7-15H2,1-6H3/t17-,18+,19-,20-,21-,22-,23-,24+,25+,26-,27+,28+,30-,31+,32-,33-,34-,35+,36-/m0/s1. The molecule has 12 heteroatoms. The Kier molecular flexibility index (Phi) is 8.16. The Hall–Kier alpha value is -0.930. The minimum atomic E-state index is -1.87. The molecule has 8 N–H and O–H groups in total. The number of ether oxygens (including phenoxy) is 3. The topological polar surface area (TPSA) is 207 Å². The summed E-state index contributed by atoms with van der Waals surface area (Å²) in [6.07, 6.45) is -6.06. The first-order valence-corrected chi connectivity index (χ1v) is 18.3. The van der Waals surface area contributed by atoms with Gasteiger partial charge >= 0.3 is 5.97 Å². The molecule has 7 rings (SSSR count). The molecule has 0 aromatic rings. The highest BCUT2D eigenvalue weighted by molar-refractivity contribution is 5.78. The summed E-state index contributed by atoms with van der Waals surface area (Å²) in [5.41, 5.74) is -3.60. The summed E-state index contributed by atoms with van der Waals surface area (Å²) in [5.74, 6) is -0.626. The third-order valence-electron chi connectivity index (χ3n) is 16.5. The van der Waals surface area contributed by atoms with Crippen LogP contribution >= 0.6 is 0 Å². The molecule has 2 aliphatic heterocycles. The van der Waals surface area contributed by atoms with Crippen molar-refractivity contribution in [1.29, 1.82) is 0 Å². The van der Waals surface area contributed by atoms with Gasteiger partial charge in [0.15, 0.2) is 12.6 Å². The molecule has 0 bridgehead atoms. The fourth-order valence-corrected chi connectivity index (χ4v) is 13.2. The SMILES string of the molecule is CC(C)[C@@]1(O)C[C@@H]([C@@H](C)[C@H]2CC[C@@]3(C)[C@@H]4CC[C@H]5[C@](C)(C(=O)O[C@H]6O[C@@H](O)[C@H](O)[C@@H](O)[C@@H]6O)[C@@H](O)C[C@H](O)[C@@]56C[C@@]46CC[C@]23C)O[C@@H]1O. The van der Waals surface area contributed by atoms with Crippen molar-refractivity contribution in [2.45, 2.75) is 160 Å². The molecule has 7 fully saturated rings. The Bertz CT molecular complexity index is 1300. The van der Waals surface area contributed by atoms with Crippen molar-refractivity contribution < 1.29 is 59.9 Å². The van der Waals surface area contributed by atoms with Gasteiger partial charge < -0.3 is 55.1 Å². The second-order valence-corrected chi connectivity index (χ2v) is 18.1. The molecule has 2 heterocycles. The number of fused-ring (bicyclic) bond motifs is 2. The maximum atomic E-state index is 14.0. The molecule has 7 aliphatic rings. The Morgan fingerprint density at radius 1 is 0.792 bits per heavy atom.